The molecular weight excluding hydrogens is 484 g/mol. The molecule has 1 atom stereocenters. The van der Waals surface area contributed by atoms with Gasteiger partial charge in [0.25, 0.3) is 0 Å². The standard InChI is InChI=1S/C20H34FN7.HI/c1-22-20(24-8-3-4-10-27-14-12-26(2)13-15-27)25-17-7-11-28(16-17)19-18(21)6-5-9-23-19;/h5-6,9,17H,3-4,7-8,10-16H2,1-2H3,(H2,22,24,25);1H. The Bertz CT molecular complexity index is 637. The minimum absolute atomic E-state index is 0. The van der Waals surface area contributed by atoms with Gasteiger partial charge in [0.15, 0.2) is 17.6 Å². The maximum absolute atomic E-state index is 13.9. The van der Waals surface area contributed by atoms with Crippen LogP contribution in [0.15, 0.2) is 23.3 Å². The lowest BCUT2D eigenvalue weighted by atomic mass is 10.2. The number of hydrogen-bond donors (Lipinski definition) is 2. The van der Waals surface area contributed by atoms with E-state index < -0.39 is 0 Å². The van der Waals surface area contributed by atoms with E-state index in [2.05, 4.69) is 37.5 Å². The number of halogens is 2. The molecule has 2 fully saturated rings. The first-order valence-electron chi connectivity index (χ1n) is 10.4. The van der Waals surface area contributed by atoms with Crippen molar-refractivity contribution >= 4 is 35.8 Å². The van der Waals surface area contributed by atoms with Gasteiger partial charge in [-0.3, -0.25) is 4.99 Å². The summed E-state index contributed by atoms with van der Waals surface area (Å²) in [5.41, 5.74) is 0. The van der Waals surface area contributed by atoms with Gasteiger partial charge in [-0.25, -0.2) is 9.37 Å². The molecule has 0 amide bonds. The molecule has 2 aliphatic rings. The number of aromatic nitrogens is 1. The van der Waals surface area contributed by atoms with E-state index in [9.17, 15) is 4.39 Å². The molecule has 0 bridgehead atoms. The number of likely N-dealkylation sites (N-methyl/N-ethyl adjacent to an activating group) is 1. The smallest absolute Gasteiger partial charge is 0.191 e. The Labute approximate surface area is 191 Å². The molecule has 3 rings (SSSR count). The largest absolute Gasteiger partial charge is 0.356 e. The van der Waals surface area contributed by atoms with Crippen LogP contribution in [0.1, 0.15) is 19.3 Å². The Morgan fingerprint density at radius 3 is 2.76 bits per heavy atom. The number of anilines is 1. The summed E-state index contributed by atoms with van der Waals surface area (Å²) in [6, 6.07) is 3.34. The zero-order valence-corrected chi connectivity index (χ0v) is 19.9. The van der Waals surface area contributed by atoms with E-state index in [0.717, 1.165) is 38.4 Å². The summed E-state index contributed by atoms with van der Waals surface area (Å²) >= 11 is 0. The van der Waals surface area contributed by atoms with Crippen LogP contribution in [0.2, 0.25) is 0 Å². The number of guanidine groups is 1. The van der Waals surface area contributed by atoms with Crippen molar-refractivity contribution in [3.63, 3.8) is 0 Å². The van der Waals surface area contributed by atoms with E-state index in [0.29, 0.717) is 5.82 Å². The maximum Gasteiger partial charge on any atom is 0.191 e. The van der Waals surface area contributed by atoms with Crippen LogP contribution in [0.3, 0.4) is 0 Å². The molecule has 1 unspecified atom stereocenters. The van der Waals surface area contributed by atoms with Crippen LogP contribution in [0, 0.1) is 5.82 Å². The minimum Gasteiger partial charge on any atom is -0.356 e. The van der Waals surface area contributed by atoms with Crippen molar-refractivity contribution in [3.8, 4) is 0 Å². The summed E-state index contributed by atoms with van der Waals surface area (Å²) < 4.78 is 13.9. The predicted molar refractivity (Wildman–Crippen MR) is 128 cm³/mol. The summed E-state index contributed by atoms with van der Waals surface area (Å²) in [6.45, 7) is 8.34. The third-order valence-corrected chi connectivity index (χ3v) is 5.58. The molecular formula is C20H35FIN7. The average molecular weight is 519 g/mol. The Morgan fingerprint density at radius 1 is 1.24 bits per heavy atom. The summed E-state index contributed by atoms with van der Waals surface area (Å²) in [5.74, 6) is 1.01. The normalized spacial score (nSPS) is 21.1. The fraction of sp³-hybridized carbons (Fsp3) is 0.700. The van der Waals surface area contributed by atoms with E-state index in [4.69, 9.17) is 0 Å². The number of nitrogens with zero attached hydrogens (tertiary/aromatic N) is 5. The summed E-state index contributed by atoms with van der Waals surface area (Å²) in [5, 5.41) is 6.87. The molecule has 1 aromatic rings. The van der Waals surface area contributed by atoms with Crippen LogP contribution >= 0.6 is 24.0 Å². The first-order chi connectivity index (χ1) is 13.7. The molecule has 2 N–H and O–H groups in total. The van der Waals surface area contributed by atoms with Crippen molar-refractivity contribution in [1.29, 1.82) is 0 Å². The molecule has 0 aromatic carbocycles. The first kappa shape index (κ1) is 24.1. The summed E-state index contributed by atoms with van der Waals surface area (Å²) in [4.78, 5) is 15.4. The van der Waals surface area contributed by atoms with Gasteiger partial charge >= 0.3 is 0 Å². The average Bonchev–Trinajstić information content (AvgIpc) is 3.17. The van der Waals surface area contributed by atoms with Crippen molar-refractivity contribution < 1.29 is 4.39 Å². The van der Waals surface area contributed by atoms with Gasteiger partial charge in [0, 0.05) is 65.1 Å². The lowest BCUT2D eigenvalue weighted by Crippen LogP contribution is -2.45. The third-order valence-electron chi connectivity index (χ3n) is 5.58. The van der Waals surface area contributed by atoms with Gasteiger partial charge < -0.3 is 25.3 Å². The fourth-order valence-electron chi connectivity index (χ4n) is 3.81. The zero-order valence-electron chi connectivity index (χ0n) is 17.6. The van der Waals surface area contributed by atoms with Gasteiger partial charge in [-0.15, -0.1) is 24.0 Å². The van der Waals surface area contributed by atoms with Crippen LogP contribution in [-0.4, -0.2) is 93.2 Å². The lowest BCUT2D eigenvalue weighted by molar-refractivity contribution is 0.152. The highest BCUT2D eigenvalue weighted by Crippen LogP contribution is 2.20. The second-order valence-corrected chi connectivity index (χ2v) is 7.74. The number of aliphatic imine (C=N–C) groups is 1. The highest BCUT2D eigenvalue weighted by molar-refractivity contribution is 14.0. The highest BCUT2D eigenvalue weighted by Gasteiger charge is 2.25. The van der Waals surface area contributed by atoms with Gasteiger partial charge in [-0.1, -0.05) is 0 Å². The number of nitrogens with one attached hydrogen (secondary N) is 2. The third kappa shape index (κ3) is 7.53. The molecule has 0 saturated carbocycles. The van der Waals surface area contributed by atoms with Gasteiger partial charge in [-0.05, 0) is 45.0 Å². The molecule has 3 heterocycles. The summed E-state index contributed by atoms with van der Waals surface area (Å²) in [7, 11) is 3.99. The number of pyridine rings is 1. The zero-order chi connectivity index (χ0) is 19.8. The van der Waals surface area contributed by atoms with Crippen LogP contribution in [0.5, 0.6) is 0 Å². The fourth-order valence-corrected chi connectivity index (χ4v) is 3.81. The first-order valence-corrected chi connectivity index (χ1v) is 10.4. The monoisotopic (exact) mass is 519 g/mol. The van der Waals surface area contributed by atoms with Gasteiger partial charge in [0.2, 0.25) is 0 Å². The molecule has 164 valence electrons. The van der Waals surface area contributed by atoms with Crippen molar-refractivity contribution in [3.05, 3.63) is 24.1 Å². The van der Waals surface area contributed by atoms with Gasteiger partial charge in [0.05, 0.1) is 0 Å². The maximum atomic E-state index is 13.9. The number of hydrogen-bond acceptors (Lipinski definition) is 5. The SMILES string of the molecule is CN=C(NCCCCN1CCN(C)CC1)NC1CCN(c2ncccc2F)C1.I. The molecule has 29 heavy (non-hydrogen) atoms. The molecule has 2 aliphatic heterocycles. The van der Waals surface area contributed by atoms with Crippen LogP contribution in [0.25, 0.3) is 0 Å². The quantitative estimate of drug-likeness (QED) is 0.247. The molecule has 2 saturated heterocycles. The summed E-state index contributed by atoms with van der Waals surface area (Å²) in [6.07, 6.45) is 4.91. The minimum atomic E-state index is -0.258. The second-order valence-electron chi connectivity index (χ2n) is 7.74. The number of piperazine rings is 1. The van der Waals surface area contributed by atoms with Crippen molar-refractivity contribution in [2.45, 2.75) is 25.3 Å². The van der Waals surface area contributed by atoms with Crippen LogP contribution in [0.4, 0.5) is 10.2 Å². The predicted octanol–water partition coefficient (Wildman–Crippen LogP) is 1.61. The van der Waals surface area contributed by atoms with E-state index in [1.807, 2.05) is 4.90 Å². The number of unbranched alkanes of at least 4 members (excludes halogenated alkanes) is 1. The molecule has 9 heteroatoms. The Hall–Kier alpha value is -1.20. The Morgan fingerprint density at radius 2 is 2.03 bits per heavy atom. The molecule has 0 spiro atoms. The van der Waals surface area contributed by atoms with E-state index in [1.54, 1.807) is 19.3 Å². The van der Waals surface area contributed by atoms with Crippen molar-refractivity contribution in [2.24, 2.45) is 4.99 Å². The molecule has 1 aromatic heterocycles. The van der Waals surface area contributed by atoms with Gasteiger partial charge in [0.1, 0.15) is 0 Å². The number of rotatable bonds is 7. The van der Waals surface area contributed by atoms with Crippen LogP contribution in [-0.2, 0) is 0 Å². The van der Waals surface area contributed by atoms with Gasteiger partial charge in [-0.2, -0.15) is 0 Å². The Kier molecular flexibility index (Phi) is 10.4. The second kappa shape index (κ2) is 12.5. The van der Waals surface area contributed by atoms with E-state index >= 15 is 0 Å². The van der Waals surface area contributed by atoms with E-state index in [-0.39, 0.29) is 35.8 Å². The molecule has 0 radical (unpaired) electrons. The topological polar surface area (TPSA) is 59.0 Å². The van der Waals surface area contributed by atoms with Crippen molar-refractivity contribution in [2.75, 3.05) is 71.4 Å². The van der Waals surface area contributed by atoms with Crippen molar-refractivity contribution in [1.82, 2.24) is 25.4 Å². The Balaban J connectivity index is 0.00000300. The lowest BCUT2D eigenvalue weighted by Gasteiger charge is -2.32. The molecule has 7 nitrogen and oxygen atoms in total. The van der Waals surface area contributed by atoms with Crippen LogP contribution < -0.4 is 15.5 Å². The molecule has 0 aliphatic carbocycles. The van der Waals surface area contributed by atoms with E-state index in [1.165, 1.54) is 45.2 Å². The highest BCUT2D eigenvalue weighted by atomic mass is 127.